The highest BCUT2D eigenvalue weighted by Gasteiger charge is 2.11. The second-order valence-electron chi connectivity index (χ2n) is 5.35. The number of nitrogens with one attached hydrogen (secondary N) is 2. The average molecular weight is 329 g/mol. The Bertz CT molecular complexity index is 734. The lowest BCUT2D eigenvalue weighted by Crippen LogP contribution is -2.30. The molecule has 1 heterocycles. The molecule has 0 saturated carbocycles. The summed E-state index contributed by atoms with van der Waals surface area (Å²) in [6.45, 7) is 1.64. The maximum absolute atomic E-state index is 13.7. The highest BCUT2D eigenvalue weighted by molar-refractivity contribution is 5.93. The van der Waals surface area contributed by atoms with E-state index in [0.717, 1.165) is 17.9 Å². The topological polar surface area (TPSA) is 54.9 Å². The zero-order valence-corrected chi connectivity index (χ0v) is 13.5. The molecule has 0 atom stereocenters. The van der Waals surface area contributed by atoms with Crippen LogP contribution in [0.4, 0.5) is 10.1 Å². The van der Waals surface area contributed by atoms with E-state index in [4.69, 9.17) is 9.47 Å². The van der Waals surface area contributed by atoms with Crippen LogP contribution in [-0.2, 0) is 6.54 Å². The van der Waals surface area contributed by atoms with Gasteiger partial charge in [0.1, 0.15) is 5.82 Å². The number of guanidine groups is 1. The Hall–Kier alpha value is -2.76. The zero-order chi connectivity index (χ0) is 16.8. The van der Waals surface area contributed by atoms with Crippen molar-refractivity contribution in [3.8, 4) is 11.5 Å². The smallest absolute Gasteiger partial charge is 0.195 e. The van der Waals surface area contributed by atoms with Gasteiger partial charge in [-0.15, -0.1) is 0 Å². The molecule has 0 radical (unpaired) electrons. The second-order valence-corrected chi connectivity index (χ2v) is 5.35. The summed E-state index contributed by atoms with van der Waals surface area (Å²) in [5.74, 6) is 1.76. The van der Waals surface area contributed by atoms with Gasteiger partial charge in [-0.05, 0) is 18.2 Å². The number of rotatable bonds is 3. The molecule has 0 bridgehead atoms. The normalized spacial score (nSPS) is 14.0. The van der Waals surface area contributed by atoms with E-state index in [1.807, 2.05) is 18.2 Å². The SMILES string of the molecule is CN=C(NCc1ccccc1F)Nc1ccc2c(c1)OCCCO2. The first-order valence-electron chi connectivity index (χ1n) is 7.87. The number of hydrogen-bond acceptors (Lipinski definition) is 3. The third kappa shape index (κ3) is 3.95. The van der Waals surface area contributed by atoms with Crippen LogP contribution in [0.15, 0.2) is 47.5 Å². The molecule has 126 valence electrons. The lowest BCUT2D eigenvalue weighted by Gasteiger charge is -2.14. The summed E-state index contributed by atoms with van der Waals surface area (Å²) in [4.78, 5) is 4.16. The van der Waals surface area contributed by atoms with Crippen LogP contribution >= 0.6 is 0 Å². The highest BCUT2D eigenvalue weighted by Crippen LogP contribution is 2.32. The first kappa shape index (κ1) is 16.1. The van der Waals surface area contributed by atoms with E-state index >= 15 is 0 Å². The predicted octanol–water partition coefficient (Wildman–Crippen LogP) is 3.17. The molecule has 1 aliphatic rings. The van der Waals surface area contributed by atoms with Crippen molar-refractivity contribution < 1.29 is 13.9 Å². The molecule has 24 heavy (non-hydrogen) atoms. The fraction of sp³-hybridized carbons (Fsp3) is 0.278. The molecule has 5 nitrogen and oxygen atoms in total. The van der Waals surface area contributed by atoms with Crippen molar-refractivity contribution >= 4 is 11.6 Å². The minimum absolute atomic E-state index is 0.240. The molecule has 2 aromatic rings. The zero-order valence-electron chi connectivity index (χ0n) is 13.5. The molecule has 3 rings (SSSR count). The molecule has 6 heteroatoms. The monoisotopic (exact) mass is 329 g/mol. The lowest BCUT2D eigenvalue weighted by atomic mass is 10.2. The first-order valence-corrected chi connectivity index (χ1v) is 7.87. The highest BCUT2D eigenvalue weighted by atomic mass is 19.1. The van der Waals surface area contributed by atoms with Gasteiger partial charge in [0.25, 0.3) is 0 Å². The molecule has 0 amide bonds. The van der Waals surface area contributed by atoms with Crippen molar-refractivity contribution in [1.29, 1.82) is 0 Å². The van der Waals surface area contributed by atoms with Crippen LogP contribution in [-0.4, -0.2) is 26.2 Å². The minimum atomic E-state index is -0.240. The van der Waals surface area contributed by atoms with E-state index in [1.165, 1.54) is 6.07 Å². The van der Waals surface area contributed by atoms with Gasteiger partial charge in [0.05, 0.1) is 13.2 Å². The molecule has 0 aliphatic carbocycles. The number of fused-ring (bicyclic) bond motifs is 1. The van der Waals surface area contributed by atoms with Crippen molar-refractivity contribution in [2.45, 2.75) is 13.0 Å². The van der Waals surface area contributed by atoms with Crippen LogP contribution in [0.1, 0.15) is 12.0 Å². The van der Waals surface area contributed by atoms with Crippen molar-refractivity contribution in [2.24, 2.45) is 4.99 Å². The van der Waals surface area contributed by atoms with Crippen LogP contribution < -0.4 is 20.1 Å². The van der Waals surface area contributed by atoms with E-state index < -0.39 is 0 Å². The van der Waals surface area contributed by atoms with Gasteiger partial charge in [0, 0.05) is 37.3 Å². The van der Waals surface area contributed by atoms with Crippen LogP contribution in [0.25, 0.3) is 0 Å². The fourth-order valence-corrected chi connectivity index (χ4v) is 2.38. The van der Waals surface area contributed by atoms with Gasteiger partial charge in [-0.25, -0.2) is 4.39 Å². The summed E-state index contributed by atoms with van der Waals surface area (Å²) < 4.78 is 25.0. The summed E-state index contributed by atoms with van der Waals surface area (Å²) in [5, 5.41) is 6.26. The number of nitrogens with zero attached hydrogens (tertiary/aromatic N) is 1. The largest absolute Gasteiger partial charge is 0.490 e. The lowest BCUT2D eigenvalue weighted by molar-refractivity contribution is 0.297. The minimum Gasteiger partial charge on any atom is -0.490 e. The third-order valence-corrected chi connectivity index (χ3v) is 3.64. The average Bonchev–Trinajstić information content (AvgIpc) is 2.84. The molecular formula is C18H20FN3O2. The summed E-state index contributed by atoms with van der Waals surface area (Å²) >= 11 is 0. The van der Waals surface area contributed by atoms with E-state index in [9.17, 15) is 4.39 Å². The molecule has 0 spiro atoms. The van der Waals surface area contributed by atoms with Gasteiger partial charge >= 0.3 is 0 Å². The molecule has 0 aromatic heterocycles. The predicted molar refractivity (Wildman–Crippen MR) is 92.3 cm³/mol. The van der Waals surface area contributed by atoms with Crippen molar-refractivity contribution in [1.82, 2.24) is 5.32 Å². The van der Waals surface area contributed by atoms with Gasteiger partial charge in [-0.2, -0.15) is 0 Å². The Labute approximate surface area is 140 Å². The van der Waals surface area contributed by atoms with Gasteiger partial charge in [-0.3, -0.25) is 4.99 Å². The molecule has 0 unspecified atom stereocenters. The molecule has 0 fully saturated rings. The van der Waals surface area contributed by atoms with Crippen LogP contribution in [0.3, 0.4) is 0 Å². The molecular weight excluding hydrogens is 309 g/mol. The first-order chi connectivity index (χ1) is 11.8. The van der Waals surface area contributed by atoms with Crippen LogP contribution in [0.2, 0.25) is 0 Å². The summed E-state index contributed by atoms with van der Waals surface area (Å²) in [5.41, 5.74) is 1.40. The number of anilines is 1. The van der Waals surface area contributed by atoms with Gasteiger partial charge in [0.2, 0.25) is 0 Å². The van der Waals surface area contributed by atoms with E-state index in [0.29, 0.717) is 37.0 Å². The van der Waals surface area contributed by atoms with Gasteiger partial charge < -0.3 is 20.1 Å². The van der Waals surface area contributed by atoms with E-state index in [-0.39, 0.29) is 5.82 Å². The third-order valence-electron chi connectivity index (χ3n) is 3.64. The molecule has 2 aromatic carbocycles. The number of benzene rings is 2. The summed E-state index contributed by atoms with van der Waals surface area (Å²) in [7, 11) is 1.67. The Morgan fingerprint density at radius 1 is 1.12 bits per heavy atom. The van der Waals surface area contributed by atoms with E-state index in [2.05, 4.69) is 15.6 Å². The maximum Gasteiger partial charge on any atom is 0.195 e. The number of aliphatic imine (C=N–C) groups is 1. The number of ether oxygens (including phenoxy) is 2. The Kier molecular flexibility index (Phi) is 5.15. The van der Waals surface area contributed by atoms with Gasteiger partial charge in [-0.1, -0.05) is 18.2 Å². The van der Waals surface area contributed by atoms with Crippen molar-refractivity contribution in [3.05, 3.63) is 53.8 Å². The van der Waals surface area contributed by atoms with E-state index in [1.54, 1.807) is 25.2 Å². The van der Waals surface area contributed by atoms with Crippen LogP contribution in [0.5, 0.6) is 11.5 Å². The summed E-state index contributed by atoms with van der Waals surface area (Å²) in [6, 6.07) is 12.3. The quantitative estimate of drug-likeness (QED) is 0.671. The molecule has 1 aliphatic heterocycles. The fourth-order valence-electron chi connectivity index (χ4n) is 2.38. The number of hydrogen-bond donors (Lipinski definition) is 2. The van der Waals surface area contributed by atoms with Crippen molar-refractivity contribution in [2.75, 3.05) is 25.6 Å². The van der Waals surface area contributed by atoms with Gasteiger partial charge in [0.15, 0.2) is 17.5 Å². The summed E-state index contributed by atoms with van der Waals surface area (Å²) in [6.07, 6.45) is 0.864. The maximum atomic E-state index is 13.7. The number of halogens is 1. The Balaban J connectivity index is 1.65. The van der Waals surface area contributed by atoms with Crippen LogP contribution in [0, 0.1) is 5.82 Å². The second kappa shape index (κ2) is 7.68. The molecule has 2 N–H and O–H groups in total. The molecule has 0 saturated heterocycles. The Morgan fingerprint density at radius 2 is 1.92 bits per heavy atom. The van der Waals surface area contributed by atoms with Crippen molar-refractivity contribution in [3.63, 3.8) is 0 Å². The standard InChI is InChI=1S/C18H20FN3O2/c1-20-18(21-12-13-5-2-3-6-15(13)19)22-14-7-8-16-17(11-14)24-10-4-9-23-16/h2-3,5-8,11H,4,9-10,12H2,1H3,(H2,20,21,22). The Morgan fingerprint density at radius 3 is 2.71 bits per heavy atom.